The summed E-state index contributed by atoms with van der Waals surface area (Å²) in [7, 11) is 0. The van der Waals surface area contributed by atoms with E-state index < -0.39 is 0 Å². The molecule has 3 heteroatoms. The molecule has 1 aromatic heterocycles. The Morgan fingerprint density at radius 2 is 1.73 bits per heavy atom. The van der Waals surface area contributed by atoms with E-state index in [0.29, 0.717) is 6.54 Å². The molecular formula is C19H23N3. The van der Waals surface area contributed by atoms with Crippen molar-refractivity contribution in [2.75, 3.05) is 6.54 Å². The minimum absolute atomic E-state index is 0.632. The highest BCUT2D eigenvalue weighted by atomic mass is 15.1. The number of hydrogen-bond donors (Lipinski definition) is 1. The summed E-state index contributed by atoms with van der Waals surface area (Å²) < 4.78 is 2.33. The van der Waals surface area contributed by atoms with Crippen LogP contribution in [0.2, 0.25) is 0 Å². The van der Waals surface area contributed by atoms with E-state index in [0.717, 1.165) is 30.7 Å². The smallest absolute Gasteiger partial charge is 0.111 e. The van der Waals surface area contributed by atoms with Crippen LogP contribution in [0.5, 0.6) is 0 Å². The van der Waals surface area contributed by atoms with Gasteiger partial charge in [-0.1, -0.05) is 30.3 Å². The first-order chi connectivity index (χ1) is 10.7. The molecule has 3 rings (SSSR count). The zero-order valence-corrected chi connectivity index (χ0v) is 13.3. The number of rotatable bonds is 5. The van der Waals surface area contributed by atoms with E-state index in [2.05, 4.69) is 60.9 Å². The van der Waals surface area contributed by atoms with E-state index in [1.54, 1.807) is 0 Å². The van der Waals surface area contributed by atoms with Gasteiger partial charge in [-0.25, -0.2) is 4.98 Å². The third kappa shape index (κ3) is 2.90. The Bertz CT molecular complexity index is 772. The summed E-state index contributed by atoms with van der Waals surface area (Å²) in [6, 6.07) is 15.0. The number of fused-ring (bicyclic) bond motifs is 1. The minimum atomic E-state index is 0.632. The summed E-state index contributed by atoms with van der Waals surface area (Å²) in [5.74, 6) is 1.10. The van der Waals surface area contributed by atoms with Gasteiger partial charge in [0, 0.05) is 13.0 Å². The van der Waals surface area contributed by atoms with E-state index in [1.807, 2.05) is 0 Å². The molecule has 0 aliphatic rings. The Morgan fingerprint density at radius 1 is 1.00 bits per heavy atom. The fourth-order valence-corrected chi connectivity index (χ4v) is 2.88. The molecule has 0 radical (unpaired) electrons. The van der Waals surface area contributed by atoms with Gasteiger partial charge in [0.15, 0.2) is 0 Å². The van der Waals surface area contributed by atoms with Crippen molar-refractivity contribution in [1.29, 1.82) is 0 Å². The number of hydrogen-bond acceptors (Lipinski definition) is 2. The van der Waals surface area contributed by atoms with Crippen molar-refractivity contribution in [2.24, 2.45) is 5.73 Å². The summed E-state index contributed by atoms with van der Waals surface area (Å²) in [4.78, 5) is 4.80. The second kappa shape index (κ2) is 6.32. The standard InChI is InChI=1S/C19H23N3/c1-14-12-17-18(13-15(14)2)22(19(21-17)8-10-20)11-9-16-6-4-3-5-7-16/h3-7,12-13H,8-11,20H2,1-2H3. The summed E-state index contributed by atoms with van der Waals surface area (Å²) in [6.45, 7) is 5.87. The molecular weight excluding hydrogens is 270 g/mol. The van der Waals surface area contributed by atoms with Crippen LogP contribution in [0.4, 0.5) is 0 Å². The monoisotopic (exact) mass is 293 g/mol. The number of aryl methyl sites for hydroxylation is 4. The molecule has 0 amide bonds. The molecule has 0 saturated heterocycles. The number of imidazole rings is 1. The Balaban J connectivity index is 1.98. The highest BCUT2D eigenvalue weighted by molar-refractivity contribution is 5.78. The molecule has 114 valence electrons. The van der Waals surface area contributed by atoms with Gasteiger partial charge < -0.3 is 10.3 Å². The van der Waals surface area contributed by atoms with Gasteiger partial charge in [0.05, 0.1) is 11.0 Å². The maximum absolute atomic E-state index is 5.77. The highest BCUT2D eigenvalue weighted by Gasteiger charge is 2.11. The van der Waals surface area contributed by atoms with E-state index in [4.69, 9.17) is 10.7 Å². The fourth-order valence-electron chi connectivity index (χ4n) is 2.88. The fraction of sp³-hybridized carbons (Fsp3) is 0.316. The predicted octanol–water partition coefficient (Wildman–Crippen LogP) is 3.40. The van der Waals surface area contributed by atoms with Crippen LogP contribution in [0.3, 0.4) is 0 Å². The lowest BCUT2D eigenvalue weighted by atomic mass is 10.1. The molecule has 0 aliphatic heterocycles. The Hall–Kier alpha value is -2.13. The van der Waals surface area contributed by atoms with Gasteiger partial charge in [-0.2, -0.15) is 0 Å². The van der Waals surface area contributed by atoms with Crippen molar-refractivity contribution in [1.82, 2.24) is 9.55 Å². The van der Waals surface area contributed by atoms with Crippen LogP contribution in [0.15, 0.2) is 42.5 Å². The summed E-state index contributed by atoms with van der Waals surface area (Å²) in [5, 5.41) is 0. The van der Waals surface area contributed by atoms with Gasteiger partial charge in [-0.15, -0.1) is 0 Å². The van der Waals surface area contributed by atoms with E-state index in [-0.39, 0.29) is 0 Å². The Kier molecular flexibility index (Phi) is 4.25. The highest BCUT2D eigenvalue weighted by Crippen LogP contribution is 2.21. The number of aromatic nitrogens is 2. The van der Waals surface area contributed by atoms with Gasteiger partial charge in [0.2, 0.25) is 0 Å². The zero-order chi connectivity index (χ0) is 15.5. The number of benzene rings is 2. The van der Waals surface area contributed by atoms with Gasteiger partial charge in [-0.05, 0) is 55.6 Å². The quantitative estimate of drug-likeness (QED) is 0.783. The second-order valence-corrected chi connectivity index (χ2v) is 5.88. The second-order valence-electron chi connectivity index (χ2n) is 5.88. The normalized spacial score (nSPS) is 11.2. The Morgan fingerprint density at radius 3 is 2.45 bits per heavy atom. The maximum atomic E-state index is 5.77. The van der Waals surface area contributed by atoms with Crippen LogP contribution in [-0.4, -0.2) is 16.1 Å². The first-order valence-corrected chi connectivity index (χ1v) is 7.89. The lowest BCUT2D eigenvalue weighted by molar-refractivity contribution is 0.665. The molecule has 3 nitrogen and oxygen atoms in total. The van der Waals surface area contributed by atoms with Crippen LogP contribution in [-0.2, 0) is 19.4 Å². The Labute approximate surface area is 131 Å². The first-order valence-electron chi connectivity index (χ1n) is 7.89. The van der Waals surface area contributed by atoms with E-state index in [1.165, 1.54) is 22.2 Å². The van der Waals surface area contributed by atoms with Crippen molar-refractivity contribution in [2.45, 2.75) is 33.2 Å². The van der Waals surface area contributed by atoms with Gasteiger partial charge in [0.25, 0.3) is 0 Å². The summed E-state index contributed by atoms with van der Waals surface area (Å²) in [6.07, 6.45) is 1.83. The third-order valence-corrected chi connectivity index (χ3v) is 4.28. The largest absolute Gasteiger partial charge is 0.330 e. The van der Waals surface area contributed by atoms with E-state index in [9.17, 15) is 0 Å². The lowest BCUT2D eigenvalue weighted by Crippen LogP contribution is -2.11. The van der Waals surface area contributed by atoms with Crippen LogP contribution in [0.1, 0.15) is 22.5 Å². The molecule has 0 aliphatic carbocycles. The summed E-state index contributed by atoms with van der Waals surface area (Å²) in [5.41, 5.74) is 12.0. The maximum Gasteiger partial charge on any atom is 0.111 e. The lowest BCUT2D eigenvalue weighted by Gasteiger charge is -2.10. The number of nitrogens with two attached hydrogens (primary N) is 1. The molecule has 0 atom stereocenters. The molecule has 0 bridgehead atoms. The van der Waals surface area contributed by atoms with Crippen molar-refractivity contribution in [3.63, 3.8) is 0 Å². The first kappa shape index (κ1) is 14.8. The van der Waals surface area contributed by atoms with Crippen molar-refractivity contribution in [3.05, 3.63) is 65.0 Å². The molecule has 0 fully saturated rings. The van der Waals surface area contributed by atoms with Gasteiger partial charge in [0.1, 0.15) is 5.82 Å². The average Bonchev–Trinajstić information content (AvgIpc) is 2.84. The zero-order valence-electron chi connectivity index (χ0n) is 13.3. The molecule has 2 aromatic carbocycles. The van der Waals surface area contributed by atoms with Crippen LogP contribution < -0.4 is 5.73 Å². The number of nitrogens with zero attached hydrogens (tertiary/aromatic N) is 2. The molecule has 1 heterocycles. The molecule has 2 N–H and O–H groups in total. The summed E-state index contributed by atoms with van der Waals surface area (Å²) >= 11 is 0. The SMILES string of the molecule is Cc1cc2nc(CCN)n(CCc3ccccc3)c2cc1C. The molecule has 0 unspecified atom stereocenters. The minimum Gasteiger partial charge on any atom is -0.330 e. The topological polar surface area (TPSA) is 43.8 Å². The van der Waals surface area contributed by atoms with Gasteiger partial charge >= 0.3 is 0 Å². The van der Waals surface area contributed by atoms with Crippen molar-refractivity contribution in [3.8, 4) is 0 Å². The van der Waals surface area contributed by atoms with Crippen LogP contribution in [0, 0.1) is 13.8 Å². The molecule has 0 saturated carbocycles. The molecule has 22 heavy (non-hydrogen) atoms. The molecule has 3 aromatic rings. The van der Waals surface area contributed by atoms with Crippen LogP contribution in [0.25, 0.3) is 11.0 Å². The molecule has 0 spiro atoms. The predicted molar refractivity (Wildman–Crippen MR) is 92.1 cm³/mol. The third-order valence-electron chi connectivity index (χ3n) is 4.28. The van der Waals surface area contributed by atoms with Crippen LogP contribution >= 0.6 is 0 Å². The van der Waals surface area contributed by atoms with Gasteiger partial charge in [-0.3, -0.25) is 0 Å². The average molecular weight is 293 g/mol. The van der Waals surface area contributed by atoms with Crippen molar-refractivity contribution >= 4 is 11.0 Å². The van der Waals surface area contributed by atoms with Crippen molar-refractivity contribution < 1.29 is 0 Å². The van der Waals surface area contributed by atoms with E-state index >= 15 is 0 Å².